The van der Waals surface area contributed by atoms with Gasteiger partial charge in [-0.25, -0.2) is 17.4 Å². The van der Waals surface area contributed by atoms with Crippen molar-refractivity contribution in [2.45, 2.75) is 26.4 Å². The molecule has 0 bridgehead atoms. The van der Waals surface area contributed by atoms with Crippen molar-refractivity contribution in [3.8, 4) is 28.4 Å². The molecule has 3 aromatic rings. The molecule has 1 fully saturated rings. The van der Waals surface area contributed by atoms with Crippen LogP contribution in [-0.2, 0) is 24.8 Å². The summed E-state index contributed by atoms with van der Waals surface area (Å²) < 4.78 is 68.0. The van der Waals surface area contributed by atoms with Gasteiger partial charge in [-0.1, -0.05) is 18.2 Å². The first-order valence-electron chi connectivity index (χ1n) is 12.7. The Bertz CT molecular complexity index is 1650. The van der Waals surface area contributed by atoms with Crippen LogP contribution in [0.1, 0.15) is 29.2 Å². The van der Waals surface area contributed by atoms with Crippen LogP contribution < -0.4 is 23.2 Å². The highest BCUT2D eigenvalue weighted by Gasteiger charge is 2.34. The van der Waals surface area contributed by atoms with Gasteiger partial charge in [-0.2, -0.15) is 8.42 Å². The molecule has 5 rings (SSSR count). The molecule has 0 spiro atoms. The van der Waals surface area contributed by atoms with Gasteiger partial charge in [0.25, 0.3) is 5.91 Å². The number of amides is 1. The summed E-state index contributed by atoms with van der Waals surface area (Å²) in [5.74, 6) is 1.48. The number of carbonyl (C=O) groups excluding carboxylic acids is 1. The van der Waals surface area contributed by atoms with E-state index in [1.54, 1.807) is 24.3 Å². The van der Waals surface area contributed by atoms with E-state index in [0.717, 1.165) is 37.9 Å². The van der Waals surface area contributed by atoms with Gasteiger partial charge in [-0.15, -0.1) is 0 Å². The summed E-state index contributed by atoms with van der Waals surface area (Å²) in [4.78, 5) is 11.5. The predicted octanol–water partition coefficient (Wildman–Crippen LogP) is 3.48. The zero-order chi connectivity index (χ0) is 28.7. The molecule has 1 saturated heterocycles. The van der Waals surface area contributed by atoms with Crippen LogP contribution in [0.4, 0.5) is 5.69 Å². The standard InChI is InChI=1S/C28H30N2O8S2/c1-18-14-22(36-12-5-13-39(3,32)33)15-19(2)27(18)24-7-4-6-23-25(17-37-28(23)24)38-21-10-8-20(9-11-21)30-16-26(31)29-40(30,34)35/h4,6-11,14-15,25H,5,12-13,16-17H2,1-3H3,(H,29,31)/t25-/m1/s1. The Hall–Kier alpha value is -3.77. The highest BCUT2D eigenvalue weighted by Crippen LogP contribution is 2.45. The molecule has 0 aliphatic carbocycles. The van der Waals surface area contributed by atoms with Crippen molar-refractivity contribution in [2.75, 3.05) is 36.1 Å². The molecule has 212 valence electrons. The second-order valence-corrected chi connectivity index (χ2v) is 13.8. The maximum absolute atomic E-state index is 12.1. The molecular weight excluding hydrogens is 556 g/mol. The van der Waals surface area contributed by atoms with Crippen LogP contribution in [-0.4, -0.2) is 54.5 Å². The first kappa shape index (κ1) is 27.8. The third kappa shape index (κ3) is 5.87. The fraction of sp³-hybridized carbons (Fsp3) is 0.321. The van der Waals surface area contributed by atoms with Gasteiger partial charge in [0.2, 0.25) is 0 Å². The van der Waals surface area contributed by atoms with E-state index in [0.29, 0.717) is 36.8 Å². The number of fused-ring (bicyclic) bond motifs is 1. The van der Waals surface area contributed by atoms with Crippen LogP contribution in [0.2, 0.25) is 0 Å². The van der Waals surface area contributed by atoms with E-state index >= 15 is 0 Å². The fourth-order valence-electron chi connectivity index (χ4n) is 4.99. The maximum Gasteiger partial charge on any atom is 0.326 e. The number of anilines is 1. The van der Waals surface area contributed by atoms with Crippen molar-refractivity contribution < 1.29 is 35.8 Å². The van der Waals surface area contributed by atoms with E-state index in [4.69, 9.17) is 14.2 Å². The number of nitrogens with one attached hydrogen (secondary N) is 1. The molecule has 0 radical (unpaired) electrons. The second kappa shape index (κ2) is 10.7. The molecule has 10 nitrogen and oxygen atoms in total. The summed E-state index contributed by atoms with van der Waals surface area (Å²) in [7, 11) is -6.90. The summed E-state index contributed by atoms with van der Waals surface area (Å²) in [5, 5.41) is 0. The fourth-order valence-corrected chi connectivity index (χ4v) is 6.78. The summed E-state index contributed by atoms with van der Waals surface area (Å²) in [6.45, 7) is 4.37. The van der Waals surface area contributed by atoms with Crippen molar-refractivity contribution >= 4 is 31.6 Å². The van der Waals surface area contributed by atoms with Crippen LogP contribution in [0.25, 0.3) is 11.1 Å². The smallest absolute Gasteiger partial charge is 0.326 e. The first-order chi connectivity index (χ1) is 18.9. The van der Waals surface area contributed by atoms with E-state index in [-0.39, 0.29) is 18.4 Å². The van der Waals surface area contributed by atoms with Crippen molar-refractivity contribution in [1.82, 2.24) is 4.72 Å². The molecule has 0 unspecified atom stereocenters. The molecule has 3 aromatic carbocycles. The van der Waals surface area contributed by atoms with Crippen molar-refractivity contribution in [1.29, 1.82) is 0 Å². The Morgan fingerprint density at radius 3 is 2.38 bits per heavy atom. The highest BCUT2D eigenvalue weighted by molar-refractivity contribution is 7.92. The third-order valence-electron chi connectivity index (χ3n) is 6.70. The van der Waals surface area contributed by atoms with Gasteiger partial charge in [0.15, 0.2) is 6.10 Å². The Balaban J connectivity index is 1.32. The van der Waals surface area contributed by atoms with E-state index < -0.39 is 26.0 Å². The first-order valence-corrected chi connectivity index (χ1v) is 16.2. The minimum Gasteiger partial charge on any atom is -0.494 e. The number of hydrogen-bond donors (Lipinski definition) is 1. The number of para-hydroxylation sites is 1. The van der Waals surface area contributed by atoms with Gasteiger partial charge in [0.1, 0.15) is 40.2 Å². The number of rotatable bonds is 9. The summed E-state index contributed by atoms with van der Waals surface area (Å²) in [6.07, 6.45) is 1.28. The lowest BCUT2D eigenvalue weighted by atomic mass is 9.93. The molecule has 2 aliphatic heterocycles. The topological polar surface area (TPSA) is 128 Å². The molecule has 1 atom stereocenters. The van der Waals surface area contributed by atoms with Crippen LogP contribution >= 0.6 is 0 Å². The van der Waals surface area contributed by atoms with Gasteiger partial charge >= 0.3 is 10.2 Å². The lowest BCUT2D eigenvalue weighted by molar-refractivity contribution is -0.117. The predicted molar refractivity (Wildman–Crippen MR) is 151 cm³/mol. The molecule has 2 aliphatic rings. The lowest BCUT2D eigenvalue weighted by Gasteiger charge is -2.17. The largest absolute Gasteiger partial charge is 0.494 e. The van der Waals surface area contributed by atoms with Crippen LogP contribution in [0.3, 0.4) is 0 Å². The average Bonchev–Trinajstić information content (AvgIpc) is 3.40. The summed E-state index contributed by atoms with van der Waals surface area (Å²) >= 11 is 0. The van der Waals surface area contributed by atoms with E-state index in [1.807, 2.05) is 48.9 Å². The summed E-state index contributed by atoms with van der Waals surface area (Å²) in [6, 6.07) is 16.3. The zero-order valence-electron chi connectivity index (χ0n) is 22.3. The van der Waals surface area contributed by atoms with Crippen molar-refractivity contribution in [3.05, 3.63) is 71.3 Å². The van der Waals surface area contributed by atoms with Gasteiger partial charge in [0.05, 0.1) is 18.0 Å². The molecular formula is C28H30N2O8S2. The third-order valence-corrected chi connectivity index (χ3v) is 9.13. The van der Waals surface area contributed by atoms with E-state index in [1.165, 1.54) is 6.26 Å². The Morgan fingerprint density at radius 2 is 1.75 bits per heavy atom. The van der Waals surface area contributed by atoms with Gasteiger partial charge in [0, 0.05) is 17.4 Å². The van der Waals surface area contributed by atoms with E-state index in [2.05, 4.69) is 0 Å². The van der Waals surface area contributed by atoms with Crippen molar-refractivity contribution in [3.63, 3.8) is 0 Å². The maximum atomic E-state index is 12.1. The number of hydrogen-bond acceptors (Lipinski definition) is 8. The highest BCUT2D eigenvalue weighted by atomic mass is 32.2. The molecule has 0 saturated carbocycles. The molecule has 1 amide bonds. The van der Waals surface area contributed by atoms with Gasteiger partial charge < -0.3 is 14.2 Å². The Kier molecular flexibility index (Phi) is 7.40. The second-order valence-electron chi connectivity index (χ2n) is 9.94. The number of sulfone groups is 1. The quantitative estimate of drug-likeness (QED) is 0.378. The average molecular weight is 587 g/mol. The molecule has 2 heterocycles. The minimum atomic E-state index is -3.87. The van der Waals surface area contributed by atoms with Crippen LogP contribution in [0.5, 0.6) is 17.2 Å². The normalized spacial score (nSPS) is 17.7. The lowest BCUT2D eigenvalue weighted by Crippen LogP contribution is -2.29. The Labute approximate surface area is 234 Å². The number of ether oxygens (including phenoxy) is 3. The number of aryl methyl sites for hydroxylation is 2. The molecule has 0 aromatic heterocycles. The van der Waals surface area contributed by atoms with Crippen LogP contribution in [0.15, 0.2) is 54.6 Å². The van der Waals surface area contributed by atoms with Crippen LogP contribution in [0, 0.1) is 13.8 Å². The zero-order valence-corrected chi connectivity index (χ0v) is 24.0. The van der Waals surface area contributed by atoms with Gasteiger partial charge in [-0.3, -0.25) is 4.79 Å². The van der Waals surface area contributed by atoms with E-state index in [9.17, 15) is 21.6 Å². The SMILES string of the molecule is Cc1cc(OCCCS(C)(=O)=O)cc(C)c1-c1cccc2c1OC[C@H]2Oc1ccc(N2CC(=O)NS2(=O)=O)cc1. The molecule has 1 N–H and O–H groups in total. The number of nitrogens with zero attached hydrogens (tertiary/aromatic N) is 1. The van der Waals surface area contributed by atoms with Crippen molar-refractivity contribution in [2.24, 2.45) is 0 Å². The minimum absolute atomic E-state index is 0.0861. The summed E-state index contributed by atoms with van der Waals surface area (Å²) in [5.41, 5.74) is 5.23. The number of carbonyl (C=O) groups is 1. The molecule has 12 heteroatoms. The van der Waals surface area contributed by atoms with Gasteiger partial charge in [-0.05, 0) is 73.4 Å². The molecule has 40 heavy (non-hydrogen) atoms. The number of benzene rings is 3. The monoisotopic (exact) mass is 586 g/mol. The Morgan fingerprint density at radius 1 is 1.05 bits per heavy atom.